The van der Waals surface area contributed by atoms with Crippen LogP contribution in [0.1, 0.15) is 11.1 Å². The lowest BCUT2D eigenvalue weighted by molar-refractivity contribution is 0.304. The Labute approximate surface area is 121 Å². The smallest absolute Gasteiger partial charge is 0.488 e. The summed E-state index contributed by atoms with van der Waals surface area (Å²) in [6.45, 7) is 1.96. The maximum absolute atomic E-state index is 13.1. The molecule has 0 spiro atoms. The van der Waals surface area contributed by atoms with Crippen LogP contribution in [0.2, 0.25) is 5.02 Å². The highest BCUT2D eigenvalue weighted by atomic mass is 35.5. The van der Waals surface area contributed by atoms with Gasteiger partial charge >= 0.3 is 7.12 Å². The lowest BCUT2D eigenvalue weighted by atomic mass is 9.77. The Morgan fingerprint density at radius 1 is 1.20 bits per heavy atom. The maximum atomic E-state index is 13.1. The molecule has 2 aromatic rings. The summed E-state index contributed by atoms with van der Waals surface area (Å²) < 4.78 is 18.7. The Kier molecular flexibility index (Phi) is 4.65. The number of hydrogen-bond acceptors (Lipinski definition) is 3. The molecule has 0 bridgehead atoms. The van der Waals surface area contributed by atoms with Gasteiger partial charge in [-0.3, -0.25) is 0 Å². The third-order valence-electron chi connectivity index (χ3n) is 2.91. The van der Waals surface area contributed by atoms with Gasteiger partial charge in [-0.1, -0.05) is 17.7 Å². The fourth-order valence-electron chi connectivity index (χ4n) is 1.87. The van der Waals surface area contributed by atoms with Crippen molar-refractivity contribution in [3.05, 3.63) is 58.4 Å². The molecule has 104 valence electrons. The van der Waals surface area contributed by atoms with Gasteiger partial charge in [-0.05, 0) is 53.8 Å². The Morgan fingerprint density at radius 2 is 1.95 bits per heavy atom. The van der Waals surface area contributed by atoms with Crippen LogP contribution in [0.25, 0.3) is 0 Å². The summed E-state index contributed by atoms with van der Waals surface area (Å²) in [5, 5.41) is 19.1. The fraction of sp³-hybridized carbons (Fsp3) is 0.143. The van der Waals surface area contributed by atoms with Gasteiger partial charge in [0.25, 0.3) is 0 Å². The van der Waals surface area contributed by atoms with E-state index in [-0.39, 0.29) is 12.1 Å². The normalized spacial score (nSPS) is 10.4. The highest BCUT2D eigenvalue weighted by molar-refractivity contribution is 6.59. The Bertz CT molecular complexity index is 619. The first-order valence-electron chi connectivity index (χ1n) is 6.01. The van der Waals surface area contributed by atoms with Crippen LogP contribution >= 0.6 is 11.6 Å². The van der Waals surface area contributed by atoms with E-state index in [2.05, 4.69) is 0 Å². The Hall–Kier alpha value is -1.56. The second-order valence-electron chi connectivity index (χ2n) is 4.42. The average Bonchev–Trinajstić information content (AvgIpc) is 2.38. The maximum Gasteiger partial charge on any atom is 0.488 e. The molecule has 0 radical (unpaired) electrons. The number of benzene rings is 2. The molecule has 0 aromatic heterocycles. The second-order valence-corrected chi connectivity index (χ2v) is 4.85. The SMILES string of the molecule is Cc1cc(Cl)ccc1OCc1ccc(F)cc1B(O)O. The molecule has 3 nitrogen and oxygen atoms in total. The third kappa shape index (κ3) is 3.51. The summed E-state index contributed by atoms with van der Waals surface area (Å²) >= 11 is 5.85. The van der Waals surface area contributed by atoms with Crippen molar-refractivity contribution in [3.8, 4) is 5.75 Å². The first-order valence-corrected chi connectivity index (χ1v) is 6.38. The van der Waals surface area contributed by atoms with Crippen LogP contribution in [0.4, 0.5) is 4.39 Å². The molecule has 0 fully saturated rings. The molecular weight excluding hydrogens is 281 g/mol. The van der Waals surface area contributed by atoms with Gasteiger partial charge < -0.3 is 14.8 Å². The van der Waals surface area contributed by atoms with Gasteiger partial charge in [0.05, 0.1) is 0 Å². The molecule has 2 aromatic carbocycles. The lowest BCUT2D eigenvalue weighted by Crippen LogP contribution is -2.34. The quantitative estimate of drug-likeness (QED) is 0.849. The summed E-state index contributed by atoms with van der Waals surface area (Å²) in [6, 6.07) is 9.00. The van der Waals surface area contributed by atoms with Crippen molar-refractivity contribution in [1.29, 1.82) is 0 Å². The molecule has 0 heterocycles. The van der Waals surface area contributed by atoms with E-state index in [0.29, 0.717) is 16.3 Å². The molecule has 0 aliphatic heterocycles. The summed E-state index contributed by atoms with van der Waals surface area (Å²) in [6.07, 6.45) is 0. The van der Waals surface area contributed by atoms with Crippen LogP contribution in [0, 0.1) is 12.7 Å². The molecule has 0 aliphatic rings. The molecule has 6 heteroatoms. The second kappa shape index (κ2) is 6.26. The van der Waals surface area contributed by atoms with Crippen molar-refractivity contribution >= 4 is 24.2 Å². The largest absolute Gasteiger partial charge is 0.489 e. The van der Waals surface area contributed by atoms with Crippen LogP contribution in [-0.2, 0) is 6.61 Å². The van der Waals surface area contributed by atoms with Crippen molar-refractivity contribution in [2.45, 2.75) is 13.5 Å². The Morgan fingerprint density at radius 3 is 2.60 bits per heavy atom. The third-order valence-corrected chi connectivity index (χ3v) is 3.14. The van der Waals surface area contributed by atoms with Gasteiger partial charge in [-0.25, -0.2) is 4.39 Å². The van der Waals surface area contributed by atoms with Crippen LogP contribution in [-0.4, -0.2) is 17.2 Å². The van der Waals surface area contributed by atoms with E-state index in [0.717, 1.165) is 11.6 Å². The van der Waals surface area contributed by atoms with Crippen molar-refractivity contribution < 1.29 is 19.2 Å². The molecule has 0 saturated carbocycles. The molecule has 0 atom stereocenters. The Balaban J connectivity index is 2.18. The van der Waals surface area contributed by atoms with Crippen LogP contribution in [0.15, 0.2) is 36.4 Å². The average molecular weight is 295 g/mol. The van der Waals surface area contributed by atoms with Crippen molar-refractivity contribution in [3.63, 3.8) is 0 Å². The fourth-order valence-corrected chi connectivity index (χ4v) is 2.09. The zero-order valence-electron chi connectivity index (χ0n) is 10.8. The molecule has 2 rings (SSSR count). The van der Waals surface area contributed by atoms with Crippen molar-refractivity contribution in [2.24, 2.45) is 0 Å². The first kappa shape index (κ1) is 14.8. The lowest BCUT2D eigenvalue weighted by Gasteiger charge is -2.12. The van der Waals surface area contributed by atoms with Crippen LogP contribution in [0.5, 0.6) is 5.75 Å². The van der Waals surface area contributed by atoms with E-state index in [1.165, 1.54) is 12.1 Å². The van der Waals surface area contributed by atoms with E-state index >= 15 is 0 Å². The monoisotopic (exact) mass is 294 g/mol. The zero-order valence-corrected chi connectivity index (χ0v) is 11.6. The number of ether oxygens (including phenoxy) is 1. The molecule has 2 N–H and O–H groups in total. The molecule has 0 amide bonds. The predicted octanol–water partition coefficient (Wildman–Crippen LogP) is 2.05. The molecule has 20 heavy (non-hydrogen) atoms. The topological polar surface area (TPSA) is 49.7 Å². The summed E-state index contributed by atoms with van der Waals surface area (Å²) in [5.74, 6) is 0.108. The number of aryl methyl sites for hydroxylation is 1. The van der Waals surface area contributed by atoms with Gasteiger partial charge in [0.1, 0.15) is 18.2 Å². The molecular formula is C14H13BClFO3. The van der Waals surface area contributed by atoms with E-state index in [4.69, 9.17) is 16.3 Å². The van der Waals surface area contributed by atoms with Crippen LogP contribution < -0.4 is 10.2 Å². The minimum atomic E-state index is -1.74. The molecule has 0 saturated heterocycles. The van der Waals surface area contributed by atoms with Crippen molar-refractivity contribution in [2.75, 3.05) is 0 Å². The van der Waals surface area contributed by atoms with E-state index < -0.39 is 12.9 Å². The summed E-state index contributed by atoms with van der Waals surface area (Å²) in [5.41, 5.74) is 1.47. The standard InChI is InChI=1S/C14H13BClFO3/c1-9-6-11(16)3-5-14(9)20-8-10-2-4-12(17)7-13(10)15(18)19/h2-7,18-19H,8H2,1H3. The minimum absolute atomic E-state index is 0.0941. The van der Waals surface area contributed by atoms with Gasteiger partial charge in [0.15, 0.2) is 0 Å². The minimum Gasteiger partial charge on any atom is -0.489 e. The van der Waals surface area contributed by atoms with Gasteiger partial charge in [0, 0.05) is 5.02 Å². The highest BCUT2D eigenvalue weighted by Gasteiger charge is 2.17. The van der Waals surface area contributed by atoms with Gasteiger partial charge in [0.2, 0.25) is 0 Å². The summed E-state index contributed by atoms with van der Waals surface area (Å²) in [7, 11) is -1.74. The van der Waals surface area contributed by atoms with E-state index in [1.807, 2.05) is 6.92 Å². The van der Waals surface area contributed by atoms with Gasteiger partial charge in [-0.2, -0.15) is 0 Å². The van der Waals surface area contributed by atoms with Crippen LogP contribution in [0.3, 0.4) is 0 Å². The summed E-state index contributed by atoms with van der Waals surface area (Å²) in [4.78, 5) is 0. The number of rotatable bonds is 4. The number of hydrogen-bond donors (Lipinski definition) is 2. The molecule has 0 unspecified atom stereocenters. The predicted molar refractivity (Wildman–Crippen MR) is 76.7 cm³/mol. The molecule has 0 aliphatic carbocycles. The van der Waals surface area contributed by atoms with E-state index in [1.54, 1.807) is 18.2 Å². The zero-order chi connectivity index (χ0) is 14.7. The van der Waals surface area contributed by atoms with E-state index in [9.17, 15) is 14.4 Å². The first-order chi connectivity index (χ1) is 9.47. The number of halogens is 2. The van der Waals surface area contributed by atoms with Crippen molar-refractivity contribution in [1.82, 2.24) is 0 Å². The highest BCUT2D eigenvalue weighted by Crippen LogP contribution is 2.22. The van der Waals surface area contributed by atoms with Gasteiger partial charge in [-0.15, -0.1) is 0 Å².